The Morgan fingerprint density at radius 2 is 0.396 bits per heavy atom. The molecular formula is C92H57B3O6. The minimum absolute atomic E-state index is 0.0890. The van der Waals surface area contributed by atoms with Crippen molar-refractivity contribution in [2.24, 2.45) is 0 Å². The molecule has 0 aliphatic carbocycles. The Balaban J connectivity index is 0.000000102. The molecule has 6 aliphatic heterocycles. The summed E-state index contributed by atoms with van der Waals surface area (Å²) in [5.74, 6) is 10.7. The maximum atomic E-state index is 6.53. The number of rotatable bonds is 5. The molecule has 0 unspecified atom stereocenters. The van der Waals surface area contributed by atoms with E-state index >= 15 is 0 Å². The number of benzene rings is 16. The number of hydrogen-bond donors (Lipinski definition) is 0. The Labute approximate surface area is 586 Å². The van der Waals surface area contributed by atoms with Crippen LogP contribution in [0, 0.1) is 0 Å². The van der Waals surface area contributed by atoms with Crippen LogP contribution in [-0.2, 0) is 0 Å². The van der Waals surface area contributed by atoms with Gasteiger partial charge >= 0.3 is 0 Å². The van der Waals surface area contributed by atoms with Crippen LogP contribution in [0.25, 0.3) is 77.2 Å². The quantitative estimate of drug-likeness (QED) is 0.160. The molecule has 9 heteroatoms. The molecule has 0 aromatic heterocycles. The molecule has 0 saturated carbocycles. The second-order valence-electron chi connectivity index (χ2n) is 26.3. The van der Waals surface area contributed by atoms with Crippen molar-refractivity contribution in [1.82, 2.24) is 0 Å². The molecular weight excluding hydrogens is 1230 g/mol. The van der Waals surface area contributed by atoms with Gasteiger partial charge in [-0.25, -0.2) is 0 Å². The average molecular weight is 1290 g/mol. The van der Waals surface area contributed by atoms with Crippen LogP contribution >= 0.6 is 0 Å². The summed E-state index contributed by atoms with van der Waals surface area (Å²) in [6.45, 7) is 0.302. The average Bonchev–Trinajstić information content (AvgIpc) is 0.738. The van der Waals surface area contributed by atoms with Crippen molar-refractivity contribution in [3.8, 4) is 125 Å². The second-order valence-corrected chi connectivity index (χ2v) is 26.3. The number of para-hydroxylation sites is 6. The lowest BCUT2D eigenvalue weighted by atomic mass is 9.35. The van der Waals surface area contributed by atoms with Crippen molar-refractivity contribution in [2.45, 2.75) is 0 Å². The second kappa shape index (κ2) is 23.9. The van der Waals surface area contributed by atoms with E-state index in [-0.39, 0.29) is 20.1 Å². The van der Waals surface area contributed by atoms with Crippen LogP contribution in [0.15, 0.2) is 346 Å². The molecule has 0 N–H and O–H groups in total. The summed E-state index contributed by atoms with van der Waals surface area (Å²) in [5, 5.41) is 4.89. The van der Waals surface area contributed by atoms with Gasteiger partial charge in [-0.05, 0) is 183 Å². The summed E-state index contributed by atoms with van der Waals surface area (Å²) in [6.07, 6.45) is 0. The van der Waals surface area contributed by atoms with E-state index in [0.29, 0.717) is 0 Å². The van der Waals surface area contributed by atoms with Gasteiger partial charge in [-0.3, -0.25) is 0 Å². The molecule has 0 spiro atoms. The van der Waals surface area contributed by atoms with Crippen LogP contribution < -0.4 is 77.6 Å². The van der Waals surface area contributed by atoms with Gasteiger partial charge in [0.05, 0.1) is 0 Å². The van der Waals surface area contributed by atoms with Crippen molar-refractivity contribution in [2.75, 3.05) is 0 Å². The fourth-order valence-corrected chi connectivity index (χ4v) is 16.1. The fourth-order valence-electron chi connectivity index (χ4n) is 16.1. The lowest BCUT2D eigenvalue weighted by molar-refractivity contribution is 0.464. The number of hydrogen-bond acceptors (Lipinski definition) is 6. The van der Waals surface area contributed by atoms with Crippen molar-refractivity contribution in [1.29, 1.82) is 0 Å². The monoisotopic (exact) mass is 1290 g/mol. The first-order valence-corrected chi connectivity index (χ1v) is 34.4. The van der Waals surface area contributed by atoms with Gasteiger partial charge in [-0.2, -0.15) is 0 Å². The third-order valence-electron chi connectivity index (χ3n) is 20.6. The SMILES string of the molecule is c1ccc(-c2ccc(-c3cc4c5c(c3)Oc3ccccc3B5c3ccccc3O4)c3ccccc23)cc1.c1ccc(-c2ccccc2-c2cc3c4c(c2)Oc2ccccc2B4c2ccccc2O3)cc1.c1ccc2c(c1)Oc1cc(-c3cccc4ccccc34)cc3c1B2c1ccccc1O3. The summed E-state index contributed by atoms with van der Waals surface area (Å²) in [7, 11) is 0. The lowest BCUT2D eigenvalue weighted by Crippen LogP contribution is -2.57. The summed E-state index contributed by atoms with van der Waals surface area (Å²) >= 11 is 0. The van der Waals surface area contributed by atoms with E-state index < -0.39 is 0 Å². The summed E-state index contributed by atoms with van der Waals surface area (Å²) < 4.78 is 38.9. The smallest absolute Gasteiger partial charge is 0.260 e. The van der Waals surface area contributed by atoms with Gasteiger partial charge in [0.25, 0.3) is 20.1 Å². The molecule has 470 valence electrons. The van der Waals surface area contributed by atoms with E-state index in [1.807, 2.05) is 42.5 Å². The number of ether oxygens (including phenoxy) is 6. The van der Waals surface area contributed by atoms with Crippen molar-refractivity contribution in [3.05, 3.63) is 346 Å². The normalized spacial score (nSPS) is 12.8. The first kappa shape index (κ1) is 58.2. The molecule has 16 aromatic carbocycles. The van der Waals surface area contributed by atoms with Crippen molar-refractivity contribution in [3.63, 3.8) is 0 Å². The zero-order valence-corrected chi connectivity index (χ0v) is 54.6. The topological polar surface area (TPSA) is 55.4 Å². The first-order valence-electron chi connectivity index (χ1n) is 34.4. The fraction of sp³-hybridized carbons (Fsp3) is 0. The van der Waals surface area contributed by atoms with Crippen molar-refractivity contribution < 1.29 is 28.4 Å². The third kappa shape index (κ3) is 9.83. The maximum Gasteiger partial charge on any atom is 0.260 e. The summed E-state index contributed by atoms with van der Waals surface area (Å²) in [6, 6.07) is 121. The van der Waals surface area contributed by atoms with E-state index in [9.17, 15) is 0 Å². The predicted molar refractivity (Wildman–Crippen MR) is 415 cm³/mol. The molecule has 101 heavy (non-hydrogen) atoms. The van der Waals surface area contributed by atoms with Gasteiger partial charge in [0.1, 0.15) is 69.0 Å². The zero-order chi connectivity index (χ0) is 66.5. The predicted octanol–water partition coefficient (Wildman–Crippen LogP) is 17.9. The van der Waals surface area contributed by atoms with Gasteiger partial charge in [-0.1, -0.05) is 273 Å². The Morgan fingerprint density at radius 3 is 0.762 bits per heavy atom. The van der Waals surface area contributed by atoms with Crippen LogP contribution in [0.1, 0.15) is 0 Å². The Kier molecular flexibility index (Phi) is 13.8. The molecule has 0 saturated heterocycles. The van der Waals surface area contributed by atoms with E-state index in [1.165, 1.54) is 82.1 Å². The van der Waals surface area contributed by atoms with Gasteiger partial charge < -0.3 is 28.4 Å². The molecule has 6 heterocycles. The van der Waals surface area contributed by atoms with Crippen LogP contribution in [0.4, 0.5) is 0 Å². The highest BCUT2D eigenvalue weighted by atomic mass is 16.5. The van der Waals surface area contributed by atoms with Crippen LogP contribution in [0.2, 0.25) is 0 Å². The van der Waals surface area contributed by atoms with Gasteiger partial charge in [-0.15, -0.1) is 0 Å². The first-order chi connectivity index (χ1) is 50.1. The highest BCUT2D eigenvalue weighted by molar-refractivity contribution is 6.99. The molecule has 16 aromatic rings. The Morgan fingerprint density at radius 1 is 0.158 bits per heavy atom. The highest BCUT2D eigenvalue weighted by Gasteiger charge is 2.43. The Hall–Kier alpha value is -13.0. The molecule has 0 atom stereocenters. The van der Waals surface area contributed by atoms with E-state index in [2.05, 4.69) is 303 Å². The number of fused-ring (bicyclic) bond motifs is 14. The largest absolute Gasteiger partial charge is 0.458 e. The third-order valence-corrected chi connectivity index (χ3v) is 20.6. The zero-order valence-electron chi connectivity index (χ0n) is 54.6. The van der Waals surface area contributed by atoms with E-state index in [0.717, 1.165) is 113 Å². The standard InChI is InChI=1S/C34H21BO2.C30H19BO2.C28H17BO2/c1-2-10-22(11-3-1)24-18-19-25(27-13-5-4-12-26(24)27)23-20-32-34-33(21-23)37-31-17-9-7-15-29(31)35(34)28-14-6-8-16-30(28)36-32;1-2-10-20(11-3-1)22-12-4-5-13-23(22)21-18-28-30-29(19-21)33-27-17-9-7-15-25(27)31(30)24-14-6-8-16-26(24)32-28;1-2-10-20-18(8-1)9-7-11-21(20)19-16-26-28-27(17-19)31-25-15-6-4-13-23(25)29(28)22-12-3-5-14-24(22)30-26/h1-21H;1-19H;1-17H. The molecule has 22 rings (SSSR count). The van der Waals surface area contributed by atoms with Gasteiger partial charge in [0.15, 0.2) is 0 Å². The molecule has 0 bridgehead atoms. The lowest BCUT2D eigenvalue weighted by Gasteiger charge is -2.33. The van der Waals surface area contributed by atoms with Crippen LogP contribution in [0.3, 0.4) is 0 Å². The van der Waals surface area contributed by atoms with Crippen LogP contribution in [-0.4, -0.2) is 20.1 Å². The van der Waals surface area contributed by atoms with E-state index in [1.54, 1.807) is 0 Å². The van der Waals surface area contributed by atoms with Crippen molar-refractivity contribution >= 4 is 90.8 Å². The molecule has 0 amide bonds. The van der Waals surface area contributed by atoms with E-state index in [4.69, 9.17) is 28.4 Å². The van der Waals surface area contributed by atoms with Crippen LogP contribution in [0.5, 0.6) is 69.0 Å². The summed E-state index contributed by atoms with van der Waals surface area (Å²) in [4.78, 5) is 0. The maximum absolute atomic E-state index is 6.53. The highest BCUT2D eigenvalue weighted by Crippen LogP contribution is 2.45. The minimum Gasteiger partial charge on any atom is -0.458 e. The molecule has 6 aliphatic rings. The van der Waals surface area contributed by atoms with Gasteiger partial charge in [0, 0.05) is 16.4 Å². The molecule has 0 radical (unpaired) electrons. The van der Waals surface area contributed by atoms with Gasteiger partial charge in [0.2, 0.25) is 0 Å². The molecule has 0 fully saturated rings. The molecule has 6 nitrogen and oxygen atoms in total. The summed E-state index contributed by atoms with van der Waals surface area (Å²) in [5.41, 5.74) is 22.0. The minimum atomic E-state index is 0.0890. The Bertz CT molecular complexity index is 5820.